The Bertz CT molecular complexity index is 823. The Morgan fingerprint density at radius 3 is 2.48 bits per heavy atom. The maximum atomic E-state index is 13.0. The molecular formula is C16H21N3O7S. The number of aliphatic carboxylic acids is 1. The van der Waals surface area contributed by atoms with Crippen LogP contribution in [0.3, 0.4) is 0 Å². The van der Waals surface area contributed by atoms with Crippen LogP contribution in [0.1, 0.15) is 25.7 Å². The lowest BCUT2D eigenvalue weighted by Crippen LogP contribution is -2.52. The number of carbonyl (C=O) groups is 2. The first kappa shape index (κ1) is 20.8. The van der Waals surface area contributed by atoms with Gasteiger partial charge in [0.15, 0.2) is 0 Å². The van der Waals surface area contributed by atoms with Gasteiger partial charge in [-0.15, -0.1) is 0 Å². The van der Waals surface area contributed by atoms with Crippen molar-refractivity contribution in [2.75, 3.05) is 20.1 Å². The molecule has 1 amide bonds. The molecule has 0 aromatic heterocycles. The maximum absolute atomic E-state index is 13.0. The van der Waals surface area contributed by atoms with Crippen molar-refractivity contribution in [1.29, 1.82) is 0 Å². The number of nitrogens with zero attached hydrogens (tertiary/aromatic N) is 3. The predicted octanol–water partition coefficient (Wildman–Crippen LogP) is 1.07. The van der Waals surface area contributed by atoms with Crippen LogP contribution in [0.25, 0.3) is 0 Å². The van der Waals surface area contributed by atoms with Gasteiger partial charge in [0.25, 0.3) is 5.69 Å². The molecule has 1 saturated heterocycles. The second-order valence-electron chi connectivity index (χ2n) is 6.28. The molecule has 1 N–H and O–H groups in total. The van der Waals surface area contributed by atoms with Crippen LogP contribution in [-0.4, -0.2) is 65.7 Å². The molecule has 10 nitrogen and oxygen atoms in total. The van der Waals surface area contributed by atoms with Gasteiger partial charge in [-0.25, -0.2) is 8.42 Å². The monoisotopic (exact) mass is 399 g/mol. The maximum Gasteiger partial charge on any atom is 0.305 e. The number of non-ortho nitro benzene ring substituents is 1. The van der Waals surface area contributed by atoms with E-state index in [4.69, 9.17) is 5.11 Å². The van der Waals surface area contributed by atoms with Crippen molar-refractivity contribution in [3.05, 3.63) is 34.4 Å². The Morgan fingerprint density at radius 1 is 1.30 bits per heavy atom. The van der Waals surface area contributed by atoms with Crippen molar-refractivity contribution in [3.8, 4) is 0 Å². The van der Waals surface area contributed by atoms with Gasteiger partial charge in [-0.2, -0.15) is 4.31 Å². The van der Waals surface area contributed by atoms with Gasteiger partial charge in [-0.05, 0) is 25.0 Å². The average molecular weight is 399 g/mol. The van der Waals surface area contributed by atoms with Gasteiger partial charge in [0.1, 0.15) is 6.04 Å². The summed E-state index contributed by atoms with van der Waals surface area (Å²) in [5, 5.41) is 19.5. The minimum absolute atomic E-state index is 0.0178. The molecule has 0 aliphatic carbocycles. The van der Waals surface area contributed by atoms with E-state index in [1.54, 1.807) is 0 Å². The summed E-state index contributed by atoms with van der Waals surface area (Å²) < 4.78 is 27.0. The standard InChI is InChI=1S/C16H21N3O7S/c1-17(11-9-15(20)21)16(22)14-4-2-3-10-18(14)27(25,26)13-7-5-12(6-8-13)19(23)24/h5-8,14H,2-4,9-11H2,1H3,(H,20,21). The fourth-order valence-corrected chi connectivity index (χ4v) is 4.59. The number of carboxylic acid groups (broad SMARTS) is 1. The second kappa shape index (κ2) is 8.44. The summed E-state index contributed by atoms with van der Waals surface area (Å²) in [5.41, 5.74) is -0.228. The molecule has 1 aromatic rings. The third-order valence-electron chi connectivity index (χ3n) is 4.43. The fourth-order valence-electron chi connectivity index (χ4n) is 2.94. The van der Waals surface area contributed by atoms with Crippen molar-refractivity contribution >= 4 is 27.6 Å². The van der Waals surface area contributed by atoms with Crippen LogP contribution in [-0.2, 0) is 19.6 Å². The van der Waals surface area contributed by atoms with Crippen LogP contribution in [0, 0.1) is 10.1 Å². The number of hydrogen-bond acceptors (Lipinski definition) is 6. The van der Waals surface area contributed by atoms with Gasteiger partial charge in [-0.1, -0.05) is 6.42 Å². The lowest BCUT2D eigenvalue weighted by Gasteiger charge is -2.35. The van der Waals surface area contributed by atoms with Crippen LogP contribution in [0.2, 0.25) is 0 Å². The van der Waals surface area contributed by atoms with Crippen molar-refractivity contribution in [3.63, 3.8) is 0 Å². The highest BCUT2D eigenvalue weighted by molar-refractivity contribution is 7.89. The zero-order chi connectivity index (χ0) is 20.2. The molecule has 0 saturated carbocycles. The third kappa shape index (κ3) is 4.80. The number of rotatable bonds is 7. The molecular weight excluding hydrogens is 378 g/mol. The quantitative estimate of drug-likeness (QED) is 0.534. The highest BCUT2D eigenvalue weighted by Crippen LogP contribution is 2.27. The molecule has 1 aliphatic heterocycles. The van der Waals surface area contributed by atoms with Crippen LogP contribution in [0.4, 0.5) is 5.69 Å². The van der Waals surface area contributed by atoms with Gasteiger partial charge in [0.05, 0.1) is 16.2 Å². The number of piperidine rings is 1. The smallest absolute Gasteiger partial charge is 0.305 e. The van der Waals surface area contributed by atoms with E-state index < -0.39 is 32.9 Å². The van der Waals surface area contributed by atoms with Crippen molar-refractivity contribution in [2.24, 2.45) is 0 Å². The molecule has 1 heterocycles. The molecule has 148 valence electrons. The van der Waals surface area contributed by atoms with E-state index in [-0.39, 0.29) is 30.1 Å². The highest BCUT2D eigenvalue weighted by Gasteiger charge is 2.38. The zero-order valence-corrected chi connectivity index (χ0v) is 15.6. The molecule has 1 unspecified atom stereocenters. The summed E-state index contributed by atoms with van der Waals surface area (Å²) in [5.74, 6) is -1.50. The lowest BCUT2D eigenvalue weighted by atomic mass is 10.0. The largest absolute Gasteiger partial charge is 0.481 e. The first-order valence-electron chi connectivity index (χ1n) is 8.37. The molecule has 0 bridgehead atoms. The molecule has 1 aromatic carbocycles. The summed E-state index contributed by atoms with van der Waals surface area (Å²) in [6, 6.07) is 3.59. The van der Waals surface area contributed by atoms with E-state index in [0.717, 1.165) is 28.6 Å². The molecule has 0 spiro atoms. The van der Waals surface area contributed by atoms with E-state index >= 15 is 0 Å². The SMILES string of the molecule is CN(CCC(=O)O)C(=O)C1CCCCN1S(=O)(=O)c1ccc([N+](=O)[O-])cc1. The topological polar surface area (TPSA) is 138 Å². The number of likely N-dealkylation sites (N-methyl/N-ethyl adjacent to an activating group) is 1. The second-order valence-corrected chi connectivity index (χ2v) is 8.17. The lowest BCUT2D eigenvalue weighted by molar-refractivity contribution is -0.384. The summed E-state index contributed by atoms with van der Waals surface area (Å²) in [6.45, 7) is 0.137. The van der Waals surface area contributed by atoms with E-state index in [2.05, 4.69) is 0 Å². The molecule has 11 heteroatoms. The van der Waals surface area contributed by atoms with Crippen LogP contribution in [0.5, 0.6) is 0 Å². The number of amides is 1. The van der Waals surface area contributed by atoms with E-state index in [9.17, 15) is 28.1 Å². The molecule has 1 fully saturated rings. The number of benzene rings is 1. The van der Waals surface area contributed by atoms with Crippen molar-refractivity contribution in [1.82, 2.24) is 9.21 Å². The predicted molar refractivity (Wildman–Crippen MR) is 94.5 cm³/mol. The molecule has 1 aliphatic rings. The minimum Gasteiger partial charge on any atom is -0.481 e. The van der Waals surface area contributed by atoms with E-state index in [1.165, 1.54) is 11.9 Å². The Kier molecular flexibility index (Phi) is 6.50. The summed E-state index contributed by atoms with van der Waals surface area (Å²) in [6.07, 6.45) is 1.37. The third-order valence-corrected chi connectivity index (χ3v) is 6.35. The first-order valence-corrected chi connectivity index (χ1v) is 9.81. The minimum atomic E-state index is -4.02. The van der Waals surface area contributed by atoms with Crippen LogP contribution < -0.4 is 0 Å². The Balaban J connectivity index is 2.25. The van der Waals surface area contributed by atoms with Crippen molar-refractivity contribution < 1.29 is 28.0 Å². The van der Waals surface area contributed by atoms with Crippen LogP contribution in [0.15, 0.2) is 29.2 Å². The Hall–Kier alpha value is -2.53. The fraction of sp³-hybridized carbons (Fsp3) is 0.500. The van der Waals surface area contributed by atoms with E-state index in [0.29, 0.717) is 19.3 Å². The van der Waals surface area contributed by atoms with Gasteiger partial charge < -0.3 is 10.0 Å². The summed E-state index contributed by atoms with van der Waals surface area (Å²) in [4.78, 5) is 34.6. The first-order chi connectivity index (χ1) is 12.6. The highest BCUT2D eigenvalue weighted by atomic mass is 32.2. The molecule has 2 rings (SSSR count). The zero-order valence-electron chi connectivity index (χ0n) is 14.8. The molecule has 27 heavy (non-hydrogen) atoms. The number of nitro groups is 1. The van der Waals surface area contributed by atoms with Crippen LogP contribution >= 0.6 is 0 Å². The van der Waals surface area contributed by atoms with Gasteiger partial charge in [0, 0.05) is 32.3 Å². The number of carbonyl (C=O) groups excluding carboxylic acids is 1. The van der Waals surface area contributed by atoms with E-state index in [1.807, 2.05) is 0 Å². The normalized spacial score (nSPS) is 18.0. The number of sulfonamides is 1. The van der Waals surface area contributed by atoms with Gasteiger partial charge in [0.2, 0.25) is 15.9 Å². The number of carboxylic acids is 1. The summed E-state index contributed by atoms with van der Waals surface area (Å²) >= 11 is 0. The average Bonchev–Trinajstić information content (AvgIpc) is 2.65. The van der Waals surface area contributed by atoms with Gasteiger partial charge >= 0.3 is 5.97 Å². The van der Waals surface area contributed by atoms with Gasteiger partial charge in [-0.3, -0.25) is 19.7 Å². The number of hydrogen-bond donors (Lipinski definition) is 1. The van der Waals surface area contributed by atoms with Crippen molar-refractivity contribution in [2.45, 2.75) is 36.6 Å². The Labute approximate surface area is 156 Å². The molecule has 0 radical (unpaired) electrons. The number of nitro benzene ring substituents is 1. The Morgan fingerprint density at radius 2 is 1.93 bits per heavy atom. The molecule has 1 atom stereocenters. The summed E-state index contributed by atoms with van der Waals surface area (Å²) in [7, 11) is -2.58.